The summed E-state index contributed by atoms with van der Waals surface area (Å²) in [6.45, 7) is 7.70. The van der Waals surface area contributed by atoms with Crippen molar-refractivity contribution >= 4 is 17.7 Å². The number of benzene rings is 1. The van der Waals surface area contributed by atoms with Crippen LogP contribution in [0.25, 0.3) is 0 Å². The third-order valence-corrected chi connectivity index (χ3v) is 4.58. The first-order valence-electron chi connectivity index (χ1n) is 8.42. The molecule has 130 valence electrons. The molecule has 0 fully saturated rings. The molecule has 0 saturated carbocycles. The molecule has 2 atom stereocenters. The standard InChI is InChI=1S/C19H30O3S/c1-5-6-8-13-17(20)16(18(21)22-19(2,3)4)14-23-15-11-9-7-10-12-15/h7,9-12,16-17,20H,5-6,8,13-14H2,1-4H3/t16-,17-/m1/s1. The number of ether oxygens (including phenoxy) is 1. The zero-order valence-electron chi connectivity index (χ0n) is 14.7. The lowest BCUT2D eigenvalue weighted by atomic mass is 9.98. The Morgan fingerprint density at radius 1 is 1.22 bits per heavy atom. The van der Waals surface area contributed by atoms with Crippen molar-refractivity contribution in [1.82, 2.24) is 0 Å². The quantitative estimate of drug-likeness (QED) is 0.403. The van der Waals surface area contributed by atoms with Crippen molar-refractivity contribution in [3.05, 3.63) is 30.3 Å². The normalized spacial score (nSPS) is 14.3. The van der Waals surface area contributed by atoms with Crippen molar-refractivity contribution in [2.75, 3.05) is 5.75 Å². The summed E-state index contributed by atoms with van der Waals surface area (Å²) in [7, 11) is 0. The third-order valence-electron chi connectivity index (χ3n) is 3.45. The van der Waals surface area contributed by atoms with Crippen LogP contribution in [0, 0.1) is 5.92 Å². The van der Waals surface area contributed by atoms with E-state index in [0.29, 0.717) is 12.2 Å². The van der Waals surface area contributed by atoms with Crippen molar-refractivity contribution in [2.45, 2.75) is 70.0 Å². The molecule has 0 unspecified atom stereocenters. The number of esters is 1. The predicted octanol–water partition coefficient (Wildman–Crippen LogP) is 4.68. The summed E-state index contributed by atoms with van der Waals surface area (Å²) in [5.74, 6) is -0.257. The number of carbonyl (C=O) groups excluding carboxylic acids is 1. The van der Waals surface area contributed by atoms with E-state index in [1.807, 2.05) is 51.1 Å². The molecule has 0 aromatic heterocycles. The van der Waals surface area contributed by atoms with E-state index in [0.717, 1.165) is 24.2 Å². The molecule has 1 rings (SSSR count). The third kappa shape index (κ3) is 8.42. The molecular formula is C19H30O3S. The lowest BCUT2D eigenvalue weighted by molar-refractivity contribution is -0.163. The van der Waals surface area contributed by atoms with Gasteiger partial charge >= 0.3 is 5.97 Å². The van der Waals surface area contributed by atoms with E-state index in [-0.39, 0.29) is 5.97 Å². The monoisotopic (exact) mass is 338 g/mol. The number of hydrogen-bond donors (Lipinski definition) is 1. The van der Waals surface area contributed by atoms with Crippen LogP contribution in [0.1, 0.15) is 53.4 Å². The van der Waals surface area contributed by atoms with Gasteiger partial charge in [0, 0.05) is 10.6 Å². The lowest BCUT2D eigenvalue weighted by Crippen LogP contribution is -2.36. The summed E-state index contributed by atoms with van der Waals surface area (Å²) >= 11 is 1.59. The SMILES string of the molecule is CCCCC[C@@H](O)[C@@H](CSc1ccccc1)C(=O)OC(C)(C)C. The van der Waals surface area contributed by atoms with E-state index in [1.165, 1.54) is 0 Å². The van der Waals surface area contributed by atoms with Crippen molar-refractivity contribution in [1.29, 1.82) is 0 Å². The van der Waals surface area contributed by atoms with E-state index < -0.39 is 17.6 Å². The molecular weight excluding hydrogens is 308 g/mol. The summed E-state index contributed by atoms with van der Waals surface area (Å²) < 4.78 is 5.50. The van der Waals surface area contributed by atoms with Gasteiger partial charge in [-0.15, -0.1) is 11.8 Å². The Kier molecular flexibility index (Phi) is 8.71. The minimum Gasteiger partial charge on any atom is -0.460 e. The molecule has 0 aliphatic heterocycles. The molecule has 3 nitrogen and oxygen atoms in total. The van der Waals surface area contributed by atoms with E-state index in [9.17, 15) is 9.90 Å². The highest BCUT2D eigenvalue weighted by atomic mass is 32.2. The van der Waals surface area contributed by atoms with Crippen LogP contribution in [0.3, 0.4) is 0 Å². The van der Waals surface area contributed by atoms with Crippen molar-refractivity contribution in [3.63, 3.8) is 0 Å². The van der Waals surface area contributed by atoms with Gasteiger partial charge in [0.25, 0.3) is 0 Å². The molecule has 0 aliphatic rings. The Labute approximate surface area is 144 Å². The highest BCUT2D eigenvalue weighted by molar-refractivity contribution is 7.99. The van der Waals surface area contributed by atoms with Crippen LogP contribution in [0.5, 0.6) is 0 Å². The fraction of sp³-hybridized carbons (Fsp3) is 0.632. The van der Waals surface area contributed by atoms with Gasteiger partial charge < -0.3 is 9.84 Å². The van der Waals surface area contributed by atoms with Gasteiger partial charge in [0.15, 0.2) is 0 Å². The second kappa shape index (κ2) is 9.99. The van der Waals surface area contributed by atoms with E-state index in [2.05, 4.69) is 6.92 Å². The lowest BCUT2D eigenvalue weighted by Gasteiger charge is -2.26. The van der Waals surface area contributed by atoms with E-state index >= 15 is 0 Å². The second-order valence-electron chi connectivity index (χ2n) is 6.83. The smallest absolute Gasteiger partial charge is 0.312 e. The molecule has 1 N–H and O–H groups in total. The number of carbonyl (C=O) groups is 1. The molecule has 0 amide bonds. The topological polar surface area (TPSA) is 46.5 Å². The first kappa shape index (κ1) is 20.0. The van der Waals surface area contributed by atoms with Crippen LogP contribution in [-0.4, -0.2) is 28.5 Å². The first-order valence-corrected chi connectivity index (χ1v) is 9.41. The molecule has 1 aromatic carbocycles. The van der Waals surface area contributed by atoms with Crippen molar-refractivity contribution in [2.24, 2.45) is 5.92 Å². The summed E-state index contributed by atoms with van der Waals surface area (Å²) in [6.07, 6.45) is 3.11. The average molecular weight is 339 g/mol. The van der Waals surface area contributed by atoms with Gasteiger partial charge in [-0.05, 0) is 39.3 Å². The van der Waals surface area contributed by atoms with Crippen LogP contribution in [0.15, 0.2) is 35.2 Å². The van der Waals surface area contributed by atoms with Gasteiger partial charge in [-0.2, -0.15) is 0 Å². The van der Waals surface area contributed by atoms with Gasteiger partial charge in [0.2, 0.25) is 0 Å². The fourth-order valence-corrected chi connectivity index (χ4v) is 3.30. The van der Waals surface area contributed by atoms with Crippen LogP contribution in [0.2, 0.25) is 0 Å². The van der Waals surface area contributed by atoms with Gasteiger partial charge in [-0.1, -0.05) is 44.4 Å². The zero-order chi connectivity index (χ0) is 17.3. The highest BCUT2D eigenvalue weighted by Crippen LogP contribution is 2.26. The molecule has 0 radical (unpaired) electrons. The molecule has 0 saturated heterocycles. The number of unbranched alkanes of at least 4 members (excludes halogenated alkanes) is 2. The van der Waals surface area contributed by atoms with Gasteiger partial charge in [0.05, 0.1) is 12.0 Å². The Morgan fingerprint density at radius 3 is 2.43 bits per heavy atom. The molecule has 0 aliphatic carbocycles. The summed E-state index contributed by atoms with van der Waals surface area (Å²) in [5.41, 5.74) is -0.532. The number of aliphatic hydroxyl groups is 1. The molecule has 0 heterocycles. The number of hydrogen-bond acceptors (Lipinski definition) is 4. The fourth-order valence-electron chi connectivity index (χ4n) is 2.22. The highest BCUT2D eigenvalue weighted by Gasteiger charge is 2.31. The summed E-state index contributed by atoms with van der Waals surface area (Å²) in [5, 5.41) is 10.5. The van der Waals surface area contributed by atoms with Crippen LogP contribution in [-0.2, 0) is 9.53 Å². The van der Waals surface area contributed by atoms with Gasteiger partial charge in [-0.3, -0.25) is 4.79 Å². The summed E-state index contributed by atoms with van der Waals surface area (Å²) in [6, 6.07) is 9.94. The summed E-state index contributed by atoms with van der Waals surface area (Å²) in [4.78, 5) is 13.6. The Hall–Kier alpha value is -1.00. The van der Waals surface area contributed by atoms with Gasteiger partial charge in [-0.25, -0.2) is 0 Å². The Morgan fingerprint density at radius 2 is 1.87 bits per heavy atom. The van der Waals surface area contributed by atoms with E-state index in [1.54, 1.807) is 11.8 Å². The van der Waals surface area contributed by atoms with Crippen LogP contribution >= 0.6 is 11.8 Å². The van der Waals surface area contributed by atoms with Crippen molar-refractivity contribution < 1.29 is 14.6 Å². The number of aliphatic hydroxyl groups excluding tert-OH is 1. The van der Waals surface area contributed by atoms with E-state index in [4.69, 9.17) is 4.74 Å². The van der Waals surface area contributed by atoms with Crippen LogP contribution < -0.4 is 0 Å². The maximum atomic E-state index is 12.5. The molecule has 23 heavy (non-hydrogen) atoms. The zero-order valence-corrected chi connectivity index (χ0v) is 15.6. The minimum absolute atomic E-state index is 0.301. The van der Waals surface area contributed by atoms with Gasteiger partial charge in [0.1, 0.15) is 5.60 Å². The average Bonchev–Trinajstić information content (AvgIpc) is 2.47. The van der Waals surface area contributed by atoms with Crippen molar-refractivity contribution in [3.8, 4) is 0 Å². The Bertz CT molecular complexity index is 453. The van der Waals surface area contributed by atoms with Crippen LogP contribution in [0.4, 0.5) is 0 Å². The second-order valence-corrected chi connectivity index (χ2v) is 7.92. The molecule has 0 spiro atoms. The maximum Gasteiger partial charge on any atom is 0.312 e. The molecule has 4 heteroatoms. The molecule has 1 aromatic rings. The predicted molar refractivity (Wildman–Crippen MR) is 96.6 cm³/mol. The molecule has 0 bridgehead atoms. The Balaban J connectivity index is 2.68. The first-order chi connectivity index (χ1) is 10.8. The minimum atomic E-state index is -0.646. The number of rotatable bonds is 9. The maximum absolute atomic E-state index is 12.5. The number of thioether (sulfide) groups is 1. The largest absolute Gasteiger partial charge is 0.460 e.